The first-order valence-corrected chi connectivity index (χ1v) is 4.68. The summed E-state index contributed by atoms with van der Waals surface area (Å²) < 4.78 is 0. The number of rotatable bonds is 1. The van der Waals surface area contributed by atoms with Crippen LogP contribution in [-0.2, 0) is 4.79 Å². The van der Waals surface area contributed by atoms with Gasteiger partial charge in [-0.15, -0.1) is 0 Å². The molecule has 0 N–H and O–H groups in total. The van der Waals surface area contributed by atoms with E-state index in [0.29, 0.717) is 11.7 Å². The summed E-state index contributed by atoms with van der Waals surface area (Å²) in [6, 6.07) is 0. The first-order chi connectivity index (χ1) is 5.79. The highest BCUT2D eigenvalue weighted by molar-refractivity contribution is 5.99. The molecule has 0 aromatic carbocycles. The standard InChI is InChI=1S/C11H14O/c1-8-6-7-10(12)11(8)9-4-2-3-5-9/h2,4,9H,3,5-7H2,1H3. The van der Waals surface area contributed by atoms with E-state index in [2.05, 4.69) is 19.1 Å². The number of carbonyl (C=O) groups is 1. The molecule has 0 aliphatic heterocycles. The number of ketones is 1. The van der Waals surface area contributed by atoms with Gasteiger partial charge in [-0.3, -0.25) is 4.79 Å². The number of hydrogen-bond acceptors (Lipinski definition) is 1. The molecule has 1 unspecified atom stereocenters. The molecule has 0 amide bonds. The van der Waals surface area contributed by atoms with Gasteiger partial charge in [0.05, 0.1) is 0 Å². The minimum Gasteiger partial charge on any atom is -0.295 e. The summed E-state index contributed by atoms with van der Waals surface area (Å²) >= 11 is 0. The predicted molar refractivity (Wildman–Crippen MR) is 48.8 cm³/mol. The van der Waals surface area contributed by atoms with E-state index in [-0.39, 0.29) is 0 Å². The summed E-state index contributed by atoms with van der Waals surface area (Å²) in [7, 11) is 0. The van der Waals surface area contributed by atoms with Crippen LogP contribution in [0.2, 0.25) is 0 Å². The highest BCUT2D eigenvalue weighted by Crippen LogP contribution is 2.34. The van der Waals surface area contributed by atoms with Crippen molar-refractivity contribution in [3.63, 3.8) is 0 Å². The Morgan fingerprint density at radius 3 is 2.75 bits per heavy atom. The van der Waals surface area contributed by atoms with E-state index >= 15 is 0 Å². The van der Waals surface area contributed by atoms with E-state index in [1.807, 2.05) is 0 Å². The molecule has 0 fully saturated rings. The zero-order chi connectivity index (χ0) is 8.55. The minimum absolute atomic E-state index is 0.393. The second kappa shape index (κ2) is 2.89. The molecule has 0 aromatic rings. The van der Waals surface area contributed by atoms with Crippen molar-refractivity contribution in [1.82, 2.24) is 0 Å². The van der Waals surface area contributed by atoms with Crippen molar-refractivity contribution in [2.45, 2.75) is 32.6 Å². The van der Waals surface area contributed by atoms with E-state index in [1.54, 1.807) is 0 Å². The zero-order valence-electron chi connectivity index (χ0n) is 7.47. The lowest BCUT2D eigenvalue weighted by Gasteiger charge is -2.08. The third-order valence-corrected chi connectivity index (χ3v) is 2.87. The lowest BCUT2D eigenvalue weighted by Crippen LogP contribution is -2.05. The maximum atomic E-state index is 11.5. The summed E-state index contributed by atoms with van der Waals surface area (Å²) in [4.78, 5) is 11.5. The Balaban J connectivity index is 2.26. The summed E-state index contributed by atoms with van der Waals surface area (Å²) in [5, 5.41) is 0. The van der Waals surface area contributed by atoms with Crippen molar-refractivity contribution in [3.05, 3.63) is 23.3 Å². The van der Waals surface area contributed by atoms with E-state index in [1.165, 1.54) is 5.57 Å². The van der Waals surface area contributed by atoms with Crippen LogP contribution < -0.4 is 0 Å². The molecule has 2 rings (SSSR count). The fourth-order valence-corrected chi connectivity index (χ4v) is 2.20. The topological polar surface area (TPSA) is 17.1 Å². The van der Waals surface area contributed by atoms with Crippen LogP contribution >= 0.6 is 0 Å². The molecule has 0 saturated heterocycles. The van der Waals surface area contributed by atoms with Crippen LogP contribution in [0.1, 0.15) is 32.6 Å². The molecular weight excluding hydrogens is 148 g/mol. The van der Waals surface area contributed by atoms with Crippen molar-refractivity contribution < 1.29 is 4.79 Å². The molecule has 1 heteroatoms. The van der Waals surface area contributed by atoms with Gasteiger partial charge in [0.1, 0.15) is 0 Å². The van der Waals surface area contributed by atoms with Crippen LogP contribution in [-0.4, -0.2) is 5.78 Å². The molecule has 0 aromatic heterocycles. The van der Waals surface area contributed by atoms with Crippen LogP contribution in [0.15, 0.2) is 23.3 Å². The Bertz CT molecular complexity index is 271. The lowest BCUT2D eigenvalue weighted by molar-refractivity contribution is -0.115. The van der Waals surface area contributed by atoms with Gasteiger partial charge in [-0.05, 0) is 26.2 Å². The molecule has 0 radical (unpaired) electrons. The Morgan fingerprint density at radius 1 is 1.42 bits per heavy atom. The molecule has 0 spiro atoms. The van der Waals surface area contributed by atoms with Crippen molar-refractivity contribution in [2.24, 2.45) is 5.92 Å². The van der Waals surface area contributed by atoms with Gasteiger partial charge < -0.3 is 0 Å². The quantitative estimate of drug-likeness (QED) is 0.542. The second-order valence-corrected chi connectivity index (χ2v) is 3.73. The van der Waals surface area contributed by atoms with Gasteiger partial charge in [0.25, 0.3) is 0 Å². The molecule has 0 heterocycles. The van der Waals surface area contributed by atoms with Crippen molar-refractivity contribution in [3.8, 4) is 0 Å². The number of Topliss-reactive ketones (excluding diaryl/α,β-unsaturated/α-hetero) is 1. The molecule has 1 nitrogen and oxygen atoms in total. The third kappa shape index (κ3) is 1.13. The summed E-state index contributed by atoms with van der Waals surface area (Å²) in [6.45, 7) is 2.10. The van der Waals surface area contributed by atoms with Crippen LogP contribution in [0.25, 0.3) is 0 Å². The van der Waals surface area contributed by atoms with E-state index in [4.69, 9.17) is 0 Å². The van der Waals surface area contributed by atoms with Crippen LogP contribution in [0, 0.1) is 5.92 Å². The summed E-state index contributed by atoms with van der Waals surface area (Å²) in [5.41, 5.74) is 2.46. The van der Waals surface area contributed by atoms with Crippen LogP contribution in [0.5, 0.6) is 0 Å². The highest BCUT2D eigenvalue weighted by atomic mass is 16.1. The van der Waals surface area contributed by atoms with Crippen LogP contribution in [0.3, 0.4) is 0 Å². The average molecular weight is 162 g/mol. The lowest BCUT2D eigenvalue weighted by atomic mass is 9.95. The largest absolute Gasteiger partial charge is 0.295 e. The molecule has 12 heavy (non-hydrogen) atoms. The summed E-state index contributed by atoms with van der Waals surface area (Å²) in [5.74, 6) is 0.851. The molecular formula is C11H14O. The number of carbonyl (C=O) groups excluding carboxylic acids is 1. The fraction of sp³-hybridized carbons (Fsp3) is 0.545. The van der Waals surface area contributed by atoms with Crippen molar-refractivity contribution >= 4 is 5.78 Å². The Kier molecular flexibility index (Phi) is 1.87. The monoisotopic (exact) mass is 162 g/mol. The van der Waals surface area contributed by atoms with E-state index in [9.17, 15) is 4.79 Å². The van der Waals surface area contributed by atoms with Crippen LogP contribution in [0.4, 0.5) is 0 Å². The second-order valence-electron chi connectivity index (χ2n) is 3.73. The maximum Gasteiger partial charge on any atom is 0.159 e. The molecule has 2 aliphatic carbocycles. The minimum atomic E-state index is 0.393. The zero-order valence-corrected chi connectivity index (χ0v) is 7.47. The Labute approximate surface area is 73.2 Å². The number of allylic oxidation sites excluding steroid dienone is 4. The molecule has 64 valence electrons. The van der Waals surface area contributed by atoms with Gasteiger partial charge in [0.2, 0.25) is 0 Å². The smallest absolute Gasteiger partial charge is 0.159 e. The highest BCUT2D eigenvalue weighted by Gasteiger charge is 2.26. The predicted octanol–water partition coefficient (Wildman–Crippen LogP) is 2.63. The SMILES string of the molecule is CC1=C(C2C=CCC2)C(=O)CC1. The molecule has 0 saturated carbocycles. The van der Waals surface area contributed by atoms with Gasteiger partial charge in [-0.25, -0.2) is 0 Å². The normalized spacial score (nSPS) is 29.1. The molecule has 2 aliphatic rings. The number of hydrogen-bond donors (Lipinski definition) is 0. The Morgan fingerprint density at radius 2 is 2.25 bits per heavy atom. The van der Waals surface area contributed by atoms with Gasteiger partial charge in [-0.1, -0.05) is 17.7 Å². The van der Waals surface area contributed by atoms with Gasteiger partial charge in [-0.2, -0.15) is 0 Å². The first-order valence-electron chi connectivity index (χ1n) is 4.68. The summed E-state index contributed by atoms with van der Waals surface area (Å²) in [6.07, 6.45) is 8.44. The fourth-order valence-electron chi connectivity index (χ4n) is 2.20. The molecule has 0 bridgehead atoms. The first kappa shape index (κ1) is 7.78. The van der Waals surface area contributed by atoms with Gasteiger partial charge >= 0.3 is 0 Å². The average Bonchev–Trinajstić information content (AvgIpc) is 2.61. The van der Waals surface area contributed by atoms with Crippen molar-refractivity contribution in [2.75, 3.05) is 0 Å². The van der Waals surface area contributed by atoms with Crippen molar-refractivity contribution in [1.29, 1.82) is 0 Å². The van der Waals surface area contributed by atoms with Gasteiger partial charge in [0, 0.05) is 17.9 Å². The third-order valence-electron chi connectivity index (χ3n) is 2.87. The van der Waals surface area contributed by atoms with Gasteiger partial charge in [0.15, 0.2) is 5.78 Å². The Hall–Kier alpha value is -0.850. The maximum absolute atomic E-state index is 11.5. The van der Waals surface area contributed by atoms with E-state index < -0.39 is 0 Å². The van der Waals surface area contributed by atoms with E-state index in [0.717, 1.165) is 31.3 Å². The molecule has 1 atom stereocenters.